The normalized spacial score (nSPS) is 65.6. The van der Waals surface area contributed by atoms with E-state index in [0.29, 0.717) is 22.5 Å². The third-order valence-electron chi connectivity index (χ3n) is 5.68. The van der Waals surface area contributed by atoms with Gasteiger partial charge in [0.15, 0.2) is 0 Å². The predicted octanol–water partition coefficient (Wildman–Crippen LogP) is 2.18. The maximum Gasteiger partial charge on any atom is 0.137 e. The smallest absolute Gasteiger partial charge is 0.137 e. The fourth-order valence-corrected chi connectivity index (χ4v) is 5.18. The van der Waals surface area contributed by atoms with Gasteiger partial charge in [-0.05, 0) is 35.5 Å². The van der Waals surface area contributed by atoms with E-state index in [9.17, 15) is 4.79 Å². The van der Waals surface area contributed by atoms with Crippen molar-refractivity contribution in [3.63, 3.8) is 0 Å². The Morgan fingerprint density at radius 1 is 1.54 bits per heavy atom. The highest BCUT2D eigenvalue weighted by Gasteiger charge is 2.86. The highest BCUT2D eigenvalue weighted by molar-refractivity contribution is 5.91. The topological polar surface area (TPSA) is 17.1 Å². The molecule has 4 rings (SSSR count). The van der Waals surface area contributed by atoms with Gasteiger partial charge in [-0.25, -0.2) is 0 Å². The third-order valence-corrected chi connectivity index (χ3v) is 5.68. The molecule has 0 N–H and O–H groups in total. The summed E-state index contributed by atoms with van der Waals surface area (Å²) in [6.45, 7) is 2.38. The van der Waals surface area contributed by atoms with E-state index in [4.69, 9.17) is 0 Å². The Hall–Kier alpha value is -0.590. The largest absolute Gasteiger partial charge is 0.299 e. The molecule has 0 bridgehead atoms. The van der Waals surface area contributed by atoms with Gasteiger partial charge in [0.25, 0.3) is 0 Å². The third kappa shape index (κ3) is 0.414. The SMILES string of the molecule is C[C@]12C3C(=O)C[C@H]1CC1C=CCC132. The number of carbonyl (C=O) groups excluding carboxylic acids is 1. The van der Waals surface area contributed by atoms with Gasteiger partial charge in [0.1, 0.15) is 5.78 Å². The Bertz CT molecular complexity index is 356. The molecule has 0 amide bonds. The van der Waals surface area contributed by atoms with Crippen LogP contribution in [0.1, 0.15) is 26.2 Å². The lowest BCUT2D eigenvalue weighted by Crippen LogP contribution is -2.14. The van der Waals surface area contributed by atoms with Crippen molar-refractivity contribution in [2.24, 2.45) is 28.6 Å². The average molecular weight is 174 g/mol. The van der Waals surface area contributed by atoms with Gasteiger partial charge in [0.2, 0.25) is 0 Å². The lowest BCUT2D eigenvalue weighted by molar-refractivity contribution is -0.120. The van der Waals surface area contributed by atoms with Crippen LogP contribution in [0.15, 0.2) is 12.2 Å². The van der Waals surface area contributed by atoms with E-state index in [-0.39, 0.29) is 0 Å². The van der Waals surface area contributed by atoms with Crippen LogP contribution in [0.25, 0.3) is 0 Å². The van der Waals surface area contributed by atoms with Gasteiger partial charge in [-0.3, -0.25) is 4.79 Å². The van der Waals surface area contributed by atoms with Crippen molar-refractivity contribution in [2.45, 2.75) is 26.2 Å². The predicted molar refractivity (Wildman–Crippen MR) is 49.0 cm³/mol. The zero-order valence-electron chi connectivity index (χ0n) is 7.92. The number of ketones is 1. The first-order chi connectivity index (χ1) is 6.21. The van der Waals surface area contributed by atoms with Crippen molar-refractivity contribution in [1.82, 2.24) is 0 Å². The van der Waals surface area contributed by atoms with Gasteiger partial charge in [-0.1, -0.05) is 19.1 Å². The summed E-state index contributed by atoms with van der Waals surface area (Å²) in [5.41, 5.74) is 0.866. The van der Waals surface area contributed by atoms with E-state index in [2.05, 4.69) is 19.1 Å². The highest BCUT2D eigenvalue weighted by Crippen LogP contribution is 2.88. The summed E-state index contributed by atoms with van der Waals surface area (Å²) in [7, 11) is 0. The summed E-state index contributed by atoms with van der Waals surface area (Å²) in [5.74, 6) is 2.54. The molecule has 0 aromatic rings. The molecule has 0 heterocycles. The Morgan fingerprint density at radius 3 is 3.15 bits per heavy atom. The van der Waals surface area contributed by atoms with E-state index in [1.165, 1.54) is 12.8 Å². The molecule has 0 aliphatic heterocycles. The molecule has 0 aromatic carbocycles. The molecule has 68 valence electrons. The summed E-state index contributed by atoms with van der Waals surface area (Å²) in [6, 6.07) is 0. The molecule has 4 aliphatic rings. The van der Waals surface area contributed by atoms with Crippen LogP contribution in [-0.4, -0.2) is 5.78 Å². The van der Waals surface area contributed by atoms with Gasteiger partial charge >= 0.3 is 0 Å². The molecule has 3 fully saturated rings. The maximum absolute atomic E-state index is 11.8. The quantitative estimate of drug-likeness (QED) is 0.514. The minimum Gasteiger partial charge on any atom is -0.299 e. The molecule has 1 nitrogen and oxygen atoms in total. The molecule has 0 aromatic heterocycles. The van der Waals surface area contributed by atoms with Crippen molar-refractivity contribution in [3.8, 4) is 0 Å². The van der Waals surface area contributed by atoms with Crippen molar-refractivity contribution in [1.29, 1.82) is 0 Å². The first-order valence-corrected chi connectivity index (χ1v) is 5.40. The molecule has 1 spiro atoms. The second-order valence-electron chi connectivity index (χ2n) is 5.60. The van der Waals surface area contributed by atoms with E-state index >= 15 is 0 Å². The van der Waals surface area contributed by atoms with Crippen molar-refractivity contribution in [2.75, 3.05) is 0 Å². The molecule has 0 radical (unpaired) electrons. The second-order valence-corrected chi connectivity index (χ2v) is 5.60. The van der Waals surface area contributed by atoms with Crippen LogP contribution < -0.4 is 0 Å². The second kappa shape index (κ2) is 1.53. The average Bonchev–Trinajstić information content (AvgIpc) is 2.36. The highest BCUT2D eigenvalue weighted by atomic mass is 16.1. The zero-order chi connectivity index (χ0) is 8.84. The summed E-state index contributed by atoms with van der Waals surface area (Å²) in [4.78, 5) is 11.8. The van der Waals surface area contributed by atoms with Crippen LogP contribution >= 0.6 is 0 Å². The first-order valence-electron chi connectivity index (χ1n) is 5.40. The Labute approximate surface area is 78.2 Å². The molecule has 3 unspecified atom stereocenters. The van der Waals surface area contributed by atoms with E-state index < -0.39 is 0 Å². The number of Topliss-reactive ketones (excluding diaryl/α,β-unsaturated/α-hetero) is 1. The molecule has 3 saturated carbocycles. The van der Waals surface area contributed by atoms with Gasteiger partial charge in [-0.2, -0.15) is 0 Å². The molecule has 4 aliphatic carbocycles. The molecular weight excluding hydrogens is 160 g/mol. The van der Waals surface area contributed by atoms with E-state index in [1.54, 1.807) is 0 Å². The number of carbonyl (C=O) groups is 1. The summed E-state index contributed by atoms with van der Waals surface area (Å²) < 4.78 is 0. The Morgan fingerprint density at radius 2 is 2.38 bits per heavy atom. The van der Waals surface area contributed by atoms with Gasteiger partial charge < -0.3 is 0 Å². The van der Waals surface area contributed by atoms with E-state index in [0.717, 1.165) is 18.3 Å². The maximum atomic E-state index is 11.8. The monoisotopic (exact) mass is 174 g/mol. The Balaban J connectivity index is 1.95. The van der Waals surface area contributed by atoms with Gasteiger partial charge in [0.05, 0.1) is 0 Å². The van der Waals surface area contributed by atoms with Crippen molar-refractivity contribution in [3.05, 3.63) is 12.2 Å². The lowest BCUT2D eigenvalue weighted by Gasteiger charge is -2.16. The van der Waals surface area contributed by atoms with Crippen molar-refractivity contribution < 1.29 is 4.79 Å². The van der Waals surface area contributed by atoms with Crippen LogP contribution in [0.2, 0.25) is 0 Å². The molecule has 5 atom stereocenters. The van der Waals surface area contributed by atoms with Gasteiger partial charge in [0, 0.05) is 12.3 Å². The van der Waals surface area contributed by atoms with Crippen LogP contribution in [0, 0.1) is 28.6 Å². The van der Waals surface area contributed by atoms with Crippen LogP contribution in [0.4, 0.5) is 0 Å². The Kier molecular flexibility index (Phi) is 0.802. The fourth-order valence-electron chi connectivity index (χ4n) is 5.18. The van der Waals surface area contributed by atoms with E-state index in [1.807, 2.05) is 0 Å². The lowest BCUT2D eigenvalue weighted by atomic mass is 9.87. The minimum atomic E-state index is 0.429. The number of rotatable bonds is 0. The number of hydrogen-bond acceptors (Lipinski definition) is 1. The summed E-state index contributed by atoms with van der Waals surface area (Å²) in [5, 5.41) is 0. The summed E-state index contributed by atoms with van der Waals surface area (Å²) >= 11 is 0. The zero-order valence-corrected chi connectivity index (χ0v) is 7.92. The standard InChI is InChI=1S/C12H14O/c1-11-8-5-7-3-2-4-12(7,11)10(11)9(13)6-8/h2-3,7-8,10H,4-6H2,1H3/t7?,8-,10?,11-,12?/m1/s1. The number of hydrogen-bond donors (Lipinski definition) is 0. The van der Waals surface area contributed by atoms with Crippen LogP contribution in [-0.2, 0) is 4.79 Å². The van der Waals surface area contributed by atoms with Crippen molar-refractivity contribution >= 4 is 5.78 Å². The molecule has 13 heavy (non-hydrogen) atoms. The fraction of sp³-hybridized carbons (Fsp3) is 0.750. The minimum absolute atomic E-state index is 0.429. The summed E-state index contributed by atoms with van der Waals surface area (Å²) in [6.07, 6.45) is 8.10. The van der Waals surface area contributed by atoms with Crippen LogP contribution in [0.3, 0.4) is 0 Å². The molecule has 1 heteroatoms. The molecule has 0 saturated heterocycles. The number of allylic oxidation sites excluding steroid dienone is 2. The molecular formula is C12H14O. The van der Waals surface area contributed by atoms with Crippen LogP contribution in [0.5, 0.6) is 0 Å². The first kappa shape index (κ1) is 6.80. The van der Waals surface area contributed by atoms with Gasteiger partial charge in [-0.15, -0.1) is 0 Å².